The molecule has 3 rings (SSSR count). The average Bonchev–Trinajstić information content (AvgIpc) is 2.95. The summed E-state index contributed by atoms with van der Waals surface area (Å²) >= 11 is 0. The molecule has 0 bridgehead atoms. The molecule has 2 aromatic carbocycles. The maximum absolute atomic E-state index is 13.4. The Morgan fingerprint density at radius 1 is 1.14 bits per heavy atom. The summed E-state index contributed by atoms with van der Waals surface area (Å²) in [5, 5.41) is 3.34. The Balaban J connectivity index is 1.86. The number of nitrogens with one attached hydrogen (secondary N) is 1. The van der Waals surface area contributed by atoms with E-state index >= 15 is 0 Å². The minimum Gasteiger partial charge on any atom is -0.372 e. The molecule has 0 saturated carbocycles. The van der Waals surface area contributed by atoms with Crippen molar-refractivity contribution in [2.24, 2.45) is 0 Å². The van der Waals surface area contributed by atoms with Crippen LogP contribution in [0.2, 0.25) is 0 Å². The molecule has 2 aromatic rings. The molecule has 1 N–H and O–H groups in total. The average molecular weight is 285 g/mol. The summed E-state index contributed by atoms with van der Waals surface area (Å²) in [5.74, 6) is -0.173. The molecular weight excluding hydrogens is 265 g/mol. The van der Waals surface area contributed by atoms with Gasteiger partial charge >= 0.3 is 0 Å². The molecule has 1 unspecified atom stereocenters. The molecular formula is C18H20FNO. The molecule has 0 aromatic heterocycles. The molecule has 110 valence electrons. The molecule has 0 saturated heterocycles. The van der Waals surface area contributed by atoms with Crippen LogP contribution in [0.15, 0.2) is 36.4 Å². The van der Waals surface area contributed by atoms with Crippen molar-refractivity contribution in [1.82, 2.24) is 5.32 Å². The van der Waals surface area contributed by atoms with Crippen molar-refractivity contribution in [3.63, 3.8) is 0 Å². The summed E-state index contributed by atoms with van der Waals surface area (Å²) in [4.78, 5) is 0. The van der Waals surface area contributed by atoms with Crippen LogP contribution in [0, 0.1) is 12.7 Å². The van der Waals surface area contributed by atoms with Gasteiger partial charge in [-0.05, 0) is 60.3 Å². The lowest BCUT2D eigenvalue weighted by molar-refractivity contribution is 0.134. The van der Waals surface area contributed by atoms with Crippen molar-refractivity contribution < 1.29 is 9.13 Å². The predicted octanol–water partition coefficient (Wildman–Crippen LogP) is 3.67. The standard InChI is InChI=1S/C18H20FNO/c1-12-3-6-17(19)8-15(12)9-18(20-2)13-4-5-14-10-21-11-16(14)7-13/h3-8,18,20H,9-11H2,1-2H3. The number of ether oxygens (including phenoxy) is 1. The summed E-state index contributed by atoms with van der Waals surface area (Å²) < 4.78 is 18.9. The van der Waals surface area contributed by atoms with Crippen molar-refractivity contribution >= 4 is 0 Å². The van der Waals surface area contributed by atoms with E-state index in [1.807, 2.05) is 20.0 Å². The maximum Gasteiger partial charge on any atom is 0.123 e. The number of fused-ring (bicyclic) bond motifs is 1. The number of hydrogen-bond donors (Lipinski definition) is 1. The third-order valence-corrected chi connectivity index (χ3v) is 4.23. The second kappa shape index (κ2) is 5.96. The van der Waals surface area contributed by atoms with E-state index in [1.54, 1.807) is 6.07 Å². The van der Waals surface area contributed by atoms with Gasteiger partial charge in [-0.2, -0.15) is 0 Å². The fourth-order valence-corrected chi connectivity index (χ4v) is 2.88. The van der Waals surface area contributed by atoms with E-state index in [2.05, 4.69) is 23.5 Å². The molecule has 1 heterocycles. The third kappa shape index (κ3) is 2.99. The van der Waals surface area contributed by atoms with Crippen LogP contribution in [0.25, 0.3) is 0 Å². The van der Waals surface area contributed by atoms with E-state index in [1.165, 1.54) is 22.8 Å². The predicted molar refractivity (Wildman–Crippen MR) is 81.6 cm³/mol. The van der Waals surface area contributed by atoms with Gasteiger partial charge < -0.3 is 10.1 Å². The minimum atomic E-state index is -0.173. The van der Waals surface area contributed by atoms with E-state index in [0.29, 0.717) is 13.2 Å². The summed E-state index contributed by atoms with van der Waals surface area (Å²) in [5.41, 5.74) is 5.94. The van der Waals surface area contributed by atoms with Crippen LogP contribution in [-0.4, -0.2) is 7.05 Å². The highest BCUT2D eigenvalue weighted by Gasteiger charge is 2.16. The van der Waals surface area contributed by atoms with Crippen molar-refractivity contribution in [3.05, 3.63) is 70.0 Å². The third-order valence-electron chi connectivity index (χ3n) is 4.23. The van der Waals surface area contributed by atoms with E-state index < -0.39 is 0 Å². The molecule has 1 atom stereocenters. The van der Waals surface area contributed by atoms with E-state index in [-0.39, 0.29) is 11.9 Å². The lowest BCUT2D eigenvalue weighted by Crippen LogP contribution is -2.19. The second-order valence-corrected chi connectivity index (χ2v) is 5.64. The van der Waals surface area contributed by atoms with Gasteiger partial charge in [0, 0.05) is 6.04 Å². The van der Waals surface area contributed by atoms with E-state index in [9.17, 15) is 4.39 Å². The largest absolute Gasteiger partial charge is 0.372 e. The molecule has 0 fully saturated rings. The van der Waals surface area contributed by atoms with Gasteiger partial charge in [-0.3, -0.25) is 0 Å². The minimum absolute atomic E-state index is 0.173. The second-order valence-electron chi connectivity index (χ2n) is 5.64. The van der Waals surface area contributed by atoms with Gasteiger partial charge in [0.25, 0.3) is 0 Å². The summed E-state index contributed by atoms with van der Waals surface area (Å²) in [6.45, 7) is 3.43. The zero-order valence-electron chi connectivity index (χ0n) is 12.4. The first kappa shape index (κ1) is 14.2. The molecule has 0 spiro atoms. The number of likely N-dealkylation sites (N-methyl/N-ethyl adjacent to an activating group) is 1. The highest BCUT2D eigenvalue weighted by atomic mass is 19.1. The van der Waals surface area contributed by atoms with Crippen molar-refractivity contribution in [1.29, 1.82) is 0 Å². The Morgan fingerprint density at radius 3 is 2.76 bits per heavy atom. The van der Waals surface area contributed by atoms with Gasteiger partial charge in [-0.15, -0.1) is 0 Å². The first-order chi connectivity index (χ1) is 10.2. The van der Waals surface area contributed by atoms with Gasteiger partial charge in [0.2, 0.25) is 0 Å². The van der Waals surface area contributed by atoms with Crippen LogP contribution in [0.3, 0.4) is 0 Å². The van der Waals surface area contributed by atoms with Crippen LogP contribution in [0.5, 0.6) is 0 Å². The number of halogens is 1. The van der Waals surface area contributed by atoms with E-state index in [4.69, 9.17) is 4.74 Å². The number of benzene rings is 2. The first-order valence-electron chi connectivity index (χ1n) is 7.29. The zero-order chi connectivity index (χ0) is 14.8. The van der Waals surface area contributed by atoms with Crippen molar-refractivity contribution in [3.8, 4) is 0 Å². The van der Waals surface area contributed by atoms with Gasteiger partial charge in [0.15, 0.2) is 0 Å². The molecule has 1 aliphatic rings. The maximum atomic E-state index is 13.4. The van der Waals surface area contributed by atoms with Gasteiger partial charge in [0.05, 0.1) is 13.2 Å². The number of rotatable bonds is 4. The Hall–Kier alpha value is -1.71. The molecule has 0 radical (unpaired) electrons. The van der Waals surface area contributed by atoms with Crippen LogP contribution in [0.1, 0.15) is 33.9 Å². The molecule has 2 nitrogen and oxygen atoms in total. The lowest BCUT2D eigenvalue weighted by atomic mass is 9.94. The fraction of sp³-hybridized carbons (Fsp3) is 0.333. The topological polar surface area (TPSA) is 21.3 Å². The zero-order valence-corrected chi connectivity index (χ0v) is 12.4. The Bertz CT molecular complexity index is 654. The lowest BCUT2D eigenvalue weighted by Gasteiger charge is -2.19. The molecule has 0 amide bonds. The molecule has 21 heavy (non-hydrogen) atoms. The Labute approximate surface area is 125 Å². The number of hydrogen-bond acceptors (Lipinski definition) is 2. The first-order valence-corrected chi connectivity index (χ1v) is 7.29. The normalized spacial score (nSPS) is 15.0. The Morgan fingerprint density at radius 2 is 1.95 bits per heavy atom. The van der Waals surface area contributed by atoms with Gasteiger partial charge in [-0.1, -0.05) is 24.3 Å². The summed E-state index contributed by atoms with van der Waals surface area (Å²) in [6.07, 6.45) is 0.778. The SMILES string of the molecule is CNC(Cc1cc(F)ccc1C)c1ccc2c(c1)COC2. The smallest absolute Gasteiger partial charge is 0.123 e. The summed E-state index contributed by atoms with van der Waals surface area (Å²) in [7, 11) is 1.95. The van der Waals surface area contributed by atoms with Crippen molar-refractivity contribution in [2.75, 3.05) is 7.05 Å². The van der Waals surface area contributed by atoms with Gasteiger partial charge in [0.1, 0.15) is 5.82 Å². The van der Waals surface area contributed by atoms with Crippen molar-refractivity contribution in [2.45, 2.75) is 32.6 Å². The van der Waals surface area contributed by atoms with Gasteiger partial charge in [-0.25, -0.2) is 4.39 Å². The van der Waals surface area contributed by atoms with E-state index in [0.717, 1.165) is 17.5 Å². The van der Waals surface area contributed by atoms with Crippen LogP contribution < -0.4 is 5.32 Å². The van der Waals surface area contributed by atoms with Crippen LogP contribution in [0.4, 0.5) is 4.39 Å². The van der Waals surface area contributed by atoms with Crippen LogP contribution >= 0.6 is 0 Å². The summed E-state index contributed by atoms with van der Waals surface area (Å²) in [6, 6.07) is 11.7. The quantitative estimate of drug-likeness (QED) is 0.925. The Kier molecular flexibility index (Phi) is 4.04. The highest BCUT2D eigenvalue weighted by Crippen LogP contribution is 2.26. The highest BCUT2D eigenvalue weighted by molar-refractivity contribution is 5.36. The van der Waals surface area contributed by atoms with Crippen LogP contribution in [-0.2, 0) is 24.4 Å². The molecule has 3 heteroatoms. The molecule has 1 aliphatic heterocycles. The fourth-order valence-electron chi connectivity index (χ4n) is 2.88. The monoisotopic (exact) mass is 285 g/mol. The number of aryl methyl sites for hydroxylation is 1. The molecule has 0 aliphatic carbocycles.